The molecule has 0 bridgehead atoms. The summed E-state index contributed by atoms with van der Waals surface area (Å²) in [6.45, 7) is 7.72. The first-order valence-corrected chi connectivity index (χ1v) is 15.2. The third kappa shape index (κ3) is 13.3. The molecule has 0 spiro atoms. The van der Waals surface area contributed by atoms with Crippen molar-refractivity contribution in [1.29, 1.82) is 0 Å². The molecule has 10 nitrogen and oxygen atoms in total. The molecule has 5 N–H and O–H groups in total. The van der Waals surface area contributed by atoms with Gasteiger partial charge in [0.2, 0.25) is 29.5 Å². The van der Waals surface area contributed by atoms with E-state index in [-0.39, 0.29) is 49.4 Å². The van der Waals surface area contributed by atoms with Crippen molar-refractivity contribution in [2.24, 2.45) is 5.92 Å². The largest absolute Gasteiger partial charge is 0.352 e. The number of hydrogen-bond donors (Lipinski definition) is 5. The maximum atomic E-state index is 13.6. The van der Waals surface area contributed by atoms with Crippen LogP contribution in [-0.4, -0.2) is 60.1 Å². The van der Waals surface area contributed by atoms with Gasteiger partial charge in [-0.15, -0.1) is 11.6 Å². The first-order chi connectivity index (χ1) is 20.5. The van der Waals surface area contributed by atoms with E-state index in [9.17, 15) is 24.0 Å². The van der Waals surface area contributed by atoms with Crippen LogP contribution in [0.25, 0.3) is 0 Å². The number of carbonyl (C=O) groups excluding carboxylic acids is 5. The van der Waals surface area contributed by atoms with Crippen LogP contribution in [0.1, 0.15) is 56.7 Å². The highest BCUT2D eigenvalue weighted by Gasteiger charge is 2.30. The molecule has 2 aromatic rings. The van der Waals surface area contributed by atoms with Crippen molar-refractivity contribution >= 4 is 41.1 Å². The zero-order valence-corrected chi connectivity index (χ0v) is 26.1. The van der Waals surface area contributed by atoms with Gasteiger partial charge in [-0.1, -0.05) is 80.9 Å². The third-order valence-corrected chi connectivity index (χ3v) is 6.84. The number of rotatable bonds is 17. The molecule has 3 atom stereocenters. The Hall–Kier alpha value is -3.92. The molecule has 0 aliphatic heterocycles. The van der Waals surface area contributed by atoms with Crippen molar-refractivity contribution in [2.45, 2.75) is 78.0 Å². The van der Waals surface area contributed by atoms with Crippen LogP contribution in [0.3, 0.4) is 0 Å². The number of hydrogen-bond acceptors (Lipinski definition) is 5. The highest BCUT2D eigenvalue weighted by atomic mass is 35.5. The fourth-order valence-electron chi connectivity index (χ4n) is 4.29. The van der Waals surface area contributed by atoms with E-state index >= 15 is 0 Å². The molecule has 0 aromatic heterocycles. The summed E-state index contributed by atoms with van der Waals surface area (Å²) in [6, 6.07) is 14.1. The zero-order valence-electron chi connectivity index (χ0n) is 25.4. The Morgan fingerprint density at radius 1 is 0.721 bits per heavy atom. The van der Waals surface area contributed by atoms with E-state index in [1.807, 2.05) is 82.3 Å². The van der Waals surface area contributed by atoms with Gasteiger partial charge in [-0.25, -0.2) is 0 Å². The molecule has 0 saturated heterocycles. The molecule has 2 rings (SSSR count). The van der Waals surface area contributed by atoms with E-state index in [1.165, 1.54) is 0 Å². The number of aryl methyl sites for hydroxylation is 1. The molecule has 0 aliphatic rings. The van der Waals surface area contributed by atoms with Crippen LogP contribution in [-0.2, 0) is 36.9 Å². The molecule has 0 aliphatic carbocycles. The summed E-state index contributed by atoms with van der Waals surface area (Å²) >= 11 is 5.56. The maximum absolute atomic E-state index is 13.6. The Morgan fingerprint density at radius 3 is 1.95 bits per heavy atom. The Morgan fingerprint density at radius 2 is 1.35 bits per heavy atom. The van der Waals surface area contributed by atoms with E-state index in [2.05, 4.69) is 26.6 Å². The van der Waals surface area contributed by atoms with Crippen molar-refractivity contribution in [1.82, 2.24) is 26.6 Å². The molecule has 0 fully saturated rings. The SMILES string of the molecule is CCCC(=O)N[C@@H](CNC(=O)CCl)C(=O)N[C@@H](CC(C)C)C(=O)N[C@@H](Cc1ccccc1)C(=O)NCc1ccc(C)cc1. The third-order valence-electron chi connectivity index (χ3n) is 6.60. The van der Waals surface area contributed by atoms with Gasteiger partial charge in [0.05, 0.1) is 0 Å². The minimum atomic E-state index is -1.12. The first-order valence-electron chi connectivity index (χ1n) is 14.6. The normalized spacial score (nSPS) is 12.9. The lowest BCUT2D eigenvalue weighted by Crippen LogP contribution is -2.59. The van der Waals surface area contributed by atoms with E-state index in [0.29, 0.717) is 13.0 Å². The van der Waals surface area contributed by atoms with Gasteiger partial charge in [0.1, 0.15) is 24.0 Å². The summed E-state index contributed by atoms with van der Waals surface area (Å²) in [5.41, 5.74) is 2.89. The number of halogens is 1. The van der Waals surface area contributed by atoms with Gasteiger partial charge in [0, 0.05) is 25.9 Å². The second-order valence-corrected chi connectivity index (χ2v) is 11.2. The van der Waals surface area contributed by atoms with Crippen LogP contribution in [0, 0.1) is 12.8 Å². The molecular formula is C32H44ClN5O5. The van der Waals surface area contributed by atoms with Gasteiger partial charge in [-0.05, 0) is 36.8 Å². The summed E-state index contributed by atoms with van der Waals surface area (Å²) in [5.74, 6) is -2.67. The molecule has 11 heteroatoms. The van der Waals surface area contributed by atoms with E-state index in [4.69, 9.17) is 11.6 Å². The number of nitrogens with one attached hydrogen (secondary N) is 5. The van der Waals surface area contributed by atoms with Crippen LogP contribution in [0.4, 0.5) is 0 Å². The molecule has 0 unspecified atom stereocenters. The Bertz CT molecular complexity index is 1210. The fourth-order valence-corrected chi connectivity index (χ4v) is 4.39. The van der Waals surface area contributed by atoms with Crippen LogP contribution in [0.5, 0.6) is 0 Å². The van der Waals surface area contributed by atoms with Crippen LogP contribution < -0.4 is 26.6 Å². The summed E-state index contributed by atoms with van der Waals surface area (Å²) in [5, 5.41) is 13.6. The van der Waals surface area contributed by atoms with Crippen LogP contribution in [0.15, 0.2) is 54.6 Å². The highest BCUT2D eigenvalue weighted by Crippen LogP contribution is 2.09. The van der Waals surface area contributed by atoms with Gasteiger partial charge < -0.3 is 26.6 Å². The molecule has 0 heterocycles. The average Bonchev–Trinajstić information content (AvgIpc) is 2.98. The van der Waals surface area contributed by atoms with Gasteiger partial charge in [-0.2, -0.15) is 0 Å². The predicted octanol–water partition coefficient (Wildman–Crippen LogP) is 2.51. The second-order valence-electron chi connectivity index (χ2n) is 11.0. The smallest absolute Gasteiger partial charge is 0.245 e. The number of amides is 5. The van der Waals surface area contributed by atoms with Gasteiger partial charge in [0.15, 0.2) is 0 Å². The average molecular weight is 614 g/mol. The van der Waals surface area contributed by atoms with E-state index in [1.54, 1.807) is 0 Å². The predicted molar refractivity (Wildman–Crippen MR) is 167 cm³/mol. The zero-order chi connectivity index (χ0) is 31.8. The van der Waals surface area contributed by atoms with Crippen molar-refractivity contribution in [2.75, 3.05) is 12.4 Å². The number of alkyl halides is 1. The molecule has 5 amide bonds. The summed E-state index contributed by atoms with van der Waals surface area (Å²) in [6.07, 6.45) is 1.29. The maximum Gasteiger partial charge on any atom is 0.245 e. The summed E-state index contributed by atoms with van der Waals surface area (Å²) < 4.78 is 0. The molecular weight excluding hydrogens is 570 g/mol. The van der Waals surface area contributed by atoms with Crippen molar-refractivity contribution < 1.29 is 24.0 Å². The molecule has 0 radical (unpaired) electrons. The Labute approximate surface area is 259 Å². The summed E-state index contributed by atoms with van der Waals surface area (Å²) in [7, 11) is 0. The molecule has 0 saturated carbocycles. The van der Waals surface area contributed by atoms with Gasteiger partial charge in [0.25, 0.3) is 0 Å². The lowest BCUT2D eigenvalue weighted by atomic mass is 10.0. The lowest BCUT2D eigenvalue weighted by molar-refractivity contribution is -0.134. The molecule has 43 heavy (non-hydrogen) atoms. The lowest BCUT2D eigenvalue weighted by Gasteiger charge is -2.26. The van der Waals surface area contributed by atoms with Crippen LogP contribution >= 0.6 is 11.6 Å². The van der Waals surface area contributed by atoms with Gasteiger partial charge in [-0.3, -0.25) is 24.0 Å². The highest BCUT2D eigenvalue weighted by molar-refractivity contribution is 6.27. The number of benzene rings is 2. The van der Waals surface area contributed by atoms with Gasteiger partial charge >= 0.3 is 0 Å². The van der Waals surface area contributed by atoms with Crippen molar-refractivity contribution in [3.63, 3.8) is 0 Å². The van der Waals surface area contributed by atoms with E-state index in [0.717, 1.165) is 16.7 Å². The standard InChI is InChI=1S/C32H44ClN5O5/c1-5-9-28(39)36-27(20-34-29(40)18-33)32(43)37-25(16-21(2)3)31(42)38-26(17-23-10-7-6-8-11-23)30(41)35-19-24-14-12-22(4)13-15-24/h6-8,10-15,21,25-27H,5,9,16-20H2,1-4H3,(H,34,40)(H,35,41)(H,36,39)(H,37,43)(H,38,42)/t25-,26-,27-/m0/s1. The topological polar surface area (TPSA) is 146 Å². The molecule has 234 valence electrons. The minimum Gasteiger partial charge on any atom is -0.352 e. The van der Waals surface area contributed by atoms with Crippen molar-refractivity contribution in [3.8, 4) is 0 Å². The Kier molecular flexibility index (Phi) is 15.2. The molecule has 2 aromatic carbocycles. The minimum absolute atomic E-state index is 0.0167. The Balaban J connectivity index is 2.21. The second kappa shape index (κ2) is 18.6. The quantitative estimate of drug-likeness (QED) is 0.174. The van der Waals surface area contributed by atoms with E-state index < -0.39 is 35.8 Å². The number of carbonyl (C=O) groups is 5. The first kappa shape index (κ1) is 35.3. The van der Waals surface area contributed by atoms with Crippen molar-refractivity contribution in [3.05, 3.63) is 71.3 Å². The summed E-state index contributed by atoms with van der Waals surface area (Å²) in [4.78, 5) is 64.3. The monoisotopic (exact) mass is 613 g/mol. The van der Waals surface area contributed by atoms with Crippen LogP contribution in [0.2, 0.25) is 0 Å². The fraction of sp³-hybridized carbons (Fsp3) is 0.469.